The number of hydrogen-bond acceptors (Lipinski definition) is 2. The Hall–Kier alpha value is -1.84. The minimum atomic E-state index is -0.999. The average molecular weight is 277 g/mol. The molecule has 0 spiro atoms. The molecule has 110 valence electrons. The molecule has 2 N–H and O–H groups in total. The molecule has 0 aromatic heterocycles. The zero-order valence-corrected chi connectivity index (χ0v) is 12.6. The molecule has 4 heteroatoms. The van der Waals surface area contributed by atoms with Crippen molar-refractivity contribution in [1.82, 2.24) is 5.32 Å². The maximum Gasteiger partial charge on any atom is 0.326 e. The van der Waals surface area contributed by atoms with Crippen LogP contribution in [0.1, 0.15) is 38.3 Å². The summed E-state index contributed by atoms with van der Waals surface area (Å²) in [5.74, 6) is -1.23. The van der Waals surface area contributed by atoms with Crippen LogP contribution in [0.3, 0.4) is 0 Å². The SMILES string of the molecule is Cc1ccc(CCC(=O)N[C@@H](C(=O)O)C(C)(C)C)cc1. The van der Waals surface area contributed by atoms with Crippen LogP contribution in [0.25, 0.3) is 0 Å². The first-order valence-electron chi connectivity index (χ1n) is 6.78. The Balaban J connectivity index is 2.54. The predicted molar refractivity (Wildman–Crippen MR) is 78.5 cm³/mol. The summed E-state index contributed by atoms with van der Waals surface area (Å²) in [5.41, 5.74) is 1.75. The number of carbonyl (C=O) groups is 2. The smallest absolute Gasteiger partial charge is 0.326 e. The molecule has 0 aliphatic heterocycles. The van der Waals surface area contributed by atoms with Gasteiger partial charge in [-0.15, -0.1) is 0 Å². The molecule has 0 bridgehead atoms. The van der Waals surface area contributed by atoms with Crippen molar-refractivity contribution in [3.05, 3.63) is 35.4 Å². The quantitative estimate of drug-likeness (QED) is 0.869. The van der Waals surface area contributed by atoms with Gasteiger partial charge in [0.2, 0.25) is 5.91 Å². The summed E-state index contributed by atoms with van der Waals surface area (Å²) in [7, 11) is 0. The van der Waals surface area contributed by atoms with E-state index in [4.69, 9.17) is 5.11 Å². The van der Waals surface area contributed by atoms with E-state index in [2.05, 4.69) is 5.32 Å². The molecule has 0 radical (unpaired) electrons. The van der Waals surface area contributed by atoms with Gasteiger partial charge in [0.25, 0.3) is 0 Å². The van der Waals surface area contributed by atoms with Gasteiger partial charge in [-0.1, -0.05) is 50.6 Å². The van der Waals surface area contributed by atoms with Gasteiger partial charge >= 0.3 is 5.97 Å². The molecule has 1 amide bonds. The largest absolute Gasteiger partial charge is 0.480 e. The first-order valence-corrected chi connectivity index (χ1v) is 6.78. The number of aryl methyl sites for hydroxylation is 2. The number of nitrogens with one attached hydrogen (secondary N) is 1. The Labute approximate surface area is 120 Å². The Bertz CT molecular complexity index is 471. The first-order chi connectivity index (χ1) is 9.20. The van der Waals surface area contributed by atoms with E-state index in [0.29, 0.717) is 12.8 Å². The molecule has 0 saturated heterocycles. The fourth-order valence-corrected chi connectivity index (χ4v) is 1.89. The predicted octanol–water partition coefficient (Wildman–Crippen LogP) is 2.54. The second-order valence-corrected chi connectivity index (χ2v) is 6.19. The molecule has 0 saturated carbocycles. The van der Waals surface area contributed by atoms with Gasteiger partial charge in [-0.25, -0.2) is 4.79 Å². The number of aliphatic carboxylic acids is 1. The number of carboxylic acids is 1. The third kappa shape index (κ3) is 5.03. The van der Waals surface area contributed by atoms with Gasteiger partial charge in [-0.3, -0.25) is 4.79 Å². The van der Waals surface area contributed by atoms with E-state index in [1.165, 1.54) is 5.56 Å². The van der Waals surface area contributed by atoms with E-state index in [9.17, 15) is 9.59 Å². The molecule has 0 fully saturated rings. The summed E-state index contributed by atoms with van der Waals surface area (Å²) in [5, 5.41) is 11.8. The molecule has 0 unspecified atom stereocenters. The van der Waals surface area contributed by atoms with Crippen molar-refractivity contribution >= 4 is 11.9 Å². The maximum absolute atomic E-state index is 11.9. The van der Waals surface area contributed by atoms with E-state index >= 15 is 0 Å². The highest BCUT2D eigenvalue weighted by Gasteiger charge is 2.32. The van der Waals surface area contributed by atoms with E-state index in [1.807, 2.05) is 31.2 Å². The Morgan fingerprint density at radius 3 is 2.20 bits per heavy atom. The molecule has 1 atom stereocenters. The van der Waals surface area contributed by atoms with Crippen LogP contribution in [0.2, 0.25) is 0 Å². The van der Waals surface area contributed by atoms with Crippen LogP contribution in [0.15, 0.2) is 24.3 Å². The highest BCUT2D eigenvalue weighted by molar-refractivity contribution is 5.84. The highest BCUT2D eigenvalue weighted by atomic mass is 16.4. The van der Waals surface area contributed by atoms with Crippen molar-refractivity contribution in [2.24, 2.45) is 5.41 Å². The molecule has 1 aromatic carbocycles. The third-order valence-electron chi connectivity index (χ3n) is 3.18. The molecular formula is C16H23NO3. The van der Waals surface area contributed by atoms with E-state index in [1.54, 1.807) is 20.8 Å². The zero-order chi connectivity index (χ0) is 15.3. The fraction of sp³-hybridized carbons (Fsp3) is 0.500. The minimum Gasteiger partial charge on any atom is -0.480 e. The van der Waals surface area contributed by atoms with Gasteiger partial charge in [0.05, 0.1) is 0 Å². The van der Waals surface area contributed by atoms with Crippen molar-refractivity contribution in [2.75, 3.05) is 0 Å². The Kier molecular flexibility index (Phi) is 5.31. The van der Waals surface area contributed by atoms with Gasteiger partial charge in [0, 0.05) is 6.42 Å². The summed E-state index contributed by atoms with van der Waals surface area (Å²) in [6, 6.07) is 7.11. The van der Waals surface area contributed by atoms with Gasteiger partial charge in [0.15, 0.2) is 0 Å². The van der Waals surface area contributed by atoms with Crippen molar-refractivity contribution < 1.29 is 14.7 Å². The molecule has 20 heavy (non-hydrogen) atoms. The molecule has 1 rings (SSSR count). The molecule has 0 aliphatic rings. The van der Waals surface area contributed by atoms with E-state index in [0.717, 1.165) is 5.56 Å². The van der Waals surface area contributed by atoms with Crippen molar-refractivity contribution in [2.45, 2.75) is 46.6 Å². The highest BCUT2D eigenvalue weighted by Crippen LogP contribution is 2.19. The Morgan fingerprint density at radius 1 is 1.20 bits per heavy atom. The first kappa shape index (κ1) is 16.2. The van der Waals surface area contributed by atoms with Crippen molar-refractivity contribution in [1.29, 1.82) is 0 Å². The van der Waals surface area contributed by atoms with Gasteiger partial charge in [0.1, 0.15) is 6.04 Å². The molecular weight excluding hydrogens is 254 g/mol. The lowest BCUT2D eigenvalue weighted by atomic mass is 9.86. The summed E-state index contributed by atoms with van der Waals surface area (Å²) in [6.07, 6.45) is 0.908. The third-order valence-corrected chi connectivity index (χ3v) is 3.18. The van der Waals surface area contributed by atoms with Crippen molar-refractivity contribution in [3.8, 4) is 0 Å². The van der Waals surface area contributed by atoms with Crippen LogP contribution in [-0.4, -0.2) is 23.0 Å². The van der Waals surface area contributed by atoms with Gasteiger partial charge in [-0.05, 0) is 24.3 Å². The summed E-state index contributed by atoms with van der Waals surface area (Å²) < 4.78 is 0. The van der Waals surface area contributed by atoms with Crippen LogP contribution in [0, 0.1) is 12.3 Å². The number of rotatable bonds is 5. The topological polar surface area (TPSA) is 66.4 Å². The van der Waals surface area contributed by atoms with Gasteiger partial charge < -0.3 is 10.4 Å². The average Bonchev–Trinajstić information content (AvgIpc) is 2.33. The van der Waals surface area contributed by atoms with E-state index < -0.39 is 17.4 Å². The number of hydrogen-bond donors (Lipinski definition) is 2. The summed E-state index contributed by atoms with van der Waals surface area (Å²) >= 11 is 0. The lowest BCUT2D eigenvalue weighted by Gasteiger charge is -2.27. The molecule has 0 heterocycles. The van der Waals surface area contributed by atoms with Gasteiger partial charge in [-0.2, -0.15) is 0 Å². The Morgan fingerprint density at radius 2 is 1.75 bits per heavy atom. The molecule has 0 aliphatic carbocycles. The number of carboxylic acid groups (broad SMARTS) is 1. The standard InChI is InChI=1S/C16H23NO3/c1-11-5-7-12(8-6-11)9-10-13(18)17-14(15(19)20)16(2,3)4/h5-8,14H,9-10H2,1-4H3,(H,17,18)(H,19,20)/t14-/m0/s1. The number of amides is 1. The summed E-state index contributed by atoms with van der Waals surface area (Å²) in [4.78, 5) is 23.0. The molecule has 4 nitrogen and oxygen atoms in total. The number of carbonyl (C=O) groups excluding carboxylic acids is 1. The monoisotopic (exact) mass is 277 g/mol. The van der Waals surface area contributed by atoms with Crippen molar-refractivity contribution in [3.63, 3.8) is 0 Å². The lowest BCUT2D eigenvalue weighted by Crippen LogP contribution is -2.49. The minimum absolute atomic E-state index is 0.229. The lowest BCUT2D eigenvalue weighted by molar-refractivity contribution is -0.144. The number of benzene rings is 1. The zero-order valence-electron chi connectivity index (χ0n) is 12.6. The van der Waals surface area contributed by atoms with Crippen LogP contribution >= 0.6 is 0 Å². The second-order valence-electron chi connectivity index (χ2n) is 6.19. The van der Waals surface area contributed by atoms with E-state index in [-0.39, 0.29) is 5.91 Å². The molecule has 1 aromatic rings. The van der Waals surface area contributed by atoms with Crippen LogP contribution < -0.4 is 5.32 Å². The maximum atomic E-state index is 11.9. The van der Waals surface area contributed by atoms with Crippen LogP contribution in [-0.2, 0) is 16.0 Å². The van der Waals surface area contributed by atoms with Crippen LogP contribution in [0.5, 0.6) is 0 Å². The summed E-state index contributed by atoms with van der Waals surface area (Å²) in [6.45, 7) is 7.40. The second kappa shape index (κ2) is 6.55. The van der Waals surface area contributed by atoms with Crippen LogP contribution in [0.4, 0.5) is 0 Å². The fourth-order valence-electron chi connectivity index (χ4n) is 1.89. The normalized spacial score (nSPS) is 12.8.